The van der Waals surface area contributed by atoms with Gasteiger partial charge in [0, 0.05) is 34.7 Å². The summed E-state index contributed by atoms with van der Waals surface area (Å²) in [5, 5.41) is 0.669. The first-order chi connectivity index (χ1) is 11.2. The van der Waals surface area contributed by atoms with Crippen LogP contribution in [0.5, 0.6) is 0 Å². The van der Waals surface area contributed by atoms with Crippen LogP contribution in [0, 0.1) is 5.82 Å². The third kappa shape index (κ3) is 2.58. The predicted molar refractivity (Wildman–Crippen MR) is 88.8 cm³/mol. The average molecular weight is 324 g/mol. The van der Waals surface area contributed by atoms with Crippen molar-refractivity contribution in [1.82, 2.24) is 14.4 Å². The van der Waals surface area contributed by atoms with Gasteiger partial charge in [0.15, 0.2) is 5.65 Å². The fraction of sp³-hybridized carbons (Fsp3) is 0. The number of benzene rings is 2. The first kappa shape index (κ1) is 13.9. The number of nitrogens with zero attached hydrogens (tertiary/aromatic N) is 3. The molecule has 0 saturated carbocycles. The summed E-state index contributed by atoms with van der Waals surface area (Å²) >= 11 is 5.96. The van der Waals surface area contributed by atoms with E-state index in [4.69, 9.17) is 16.6 Å². The normalized spacial score (nSPS) is 11.0. The number of fused-ring (bicyclic) bond motifs is 1. The summed E-state index contributed by atoms with van der Waals surface area (Å²) < 4.78 is 15.1. The van der Waals surface area contributed by atoms with Gasteiger partial charge in [0.05, 0.1) is 5.69 Å². The number of aromatic nitrogens is 3. The maximum atomic E-state index is 13.1. The molecule has 112 valence electrons. The van der Waals surface area contributed by atoms with Gasteiger partial charge in [-0.1, -0.05) is 23.7 Å². The SMILES string of the molecule is Fc1ccc(-c2cn3ccnc3c(-c3ccc(Cl)cc3)n2)cc1. The van der Waals surface area contributed by atoms with Gasteiger partial charge in [-0.25, -0.2) is 14.4 Å². The molecule has 2 aromatic heterocycles. The van der Waals surface area contributed by atoms with E-state index in [9.17, 15) is 4.39 Å². The summed E-state index contributed by atoms with van der Waals surface area (Å²) in [7, 11) is 0. The van der Waals surface area contributed by atoms with E-state index >= 15 is 0 Å². The Balaban J connectivity index is 1.94. The fourth-order valence-electron chi connectivity index (χ4n) is 2.49. The highest BCUT2D eigenvalue weighted by Crippen LogP contribution is 2.27. The number of rotatable bonds is 2. The van der Waals surface area contributed by atoms with Gasteiger partial charge in [0.1, 0.15) is 11.5 Å². The number of hydrogen-bond donors (Lipinski definition) is 0. The van der Waals surface area contributed by atoms with Crippen molar-refractivity contribution in [2.45, 2.75) is 0 Å². The van der Waals surface area contributed by atoms with Crippen molar-refractivity contribution in [3.05, 3.63) is 78.0 Å². The van der Waals surface area contributed by atoms with Crippen LogP contribution in [-0.4, -0.2) is 14.4 Å². The molecule has 0 aliphatic rings. The van der Waals surface area contributed by atoms with Crippen molar-refractivity contribution >= 4 is 17.2 Å². The van der Waals surface area contributed by atoms with Gasteiger partial charge in [-0.2, -0.15) is 0 Å². The van der Waals surface area contributed by atoms with Crippen molar-refractivity contribution in [3.63, 3.8) is 0 Å². The maximum Gasteiger partial charge on any atom is 0.163 e. The molecular weight excluding hydrogens is 313 g/mol. The van der Waals surface area contributed by atoms with Crippen molar-refractivity contribution in [2.75, 3.05) is 0 Å². The van der Waals surface area contributed by atoms with E-state index in [-0.39, 0.29) is 5.82 Å². The Labute approximate surface area is 137 Å². The second-order valence-electron chi connectivity index (χ2n) is 5.15. The zero-order chi connectivity index (χ0) is 15.8. The molecule has 0 N–H and O–H groups in total. The molecule has 3 nitrogen and oxygen atoms in total. The number of imidazole rings is 1. The van der Waals surface area contributed by atoms with E-state index in [2.05, 4.69) is 4.98 Å². The van der Waals surface area contributed by atoms with E-state index in [1.807, 2.05) is 41.1 Å². The van der Waals surface area contributed by atoms with Crippen molar-refractivity contribution in [2.24, 2.45) is 0 Å². The summed E-state index contributed by atoms with van der Waals surface area (Å²) in [5.41, 5.74) is 4.04. The lowest BCUT2D eigenvalue weighted by molar-refractivity contribution is 0.628. The van der Waals surface area contributed by atoms with E-state index in [0.717, 1.165) is 28.2 Å². The molecule has 0 bridgehead atoms. The first-order valence-electron chi connectivity index (χ1n) is 7.06. The van der Waals surface area contributed by atoms with E-state index in [1.165, 1.54) is 12.1 Å². The van der Waals surface area contributed by atoms with Crippen LogP contribution in [0.3, 0.4) is 0 Å². The van der Waals surface area contributed by atoms with Gasteiger partial charge in [0.2, 0.25) is 0 Å². The molecule has 0 radical (unpaired) electrons. The number of halogens is 2. The van der Waals surface area contributed by atoms with E-state index < -0.39 is 0 Å². The molecule has 0 unspecified atom stereocenters. The van der Waals surface area contributed by atoms with Crippen LogP contribution in [0.4, 0.5) is 4.39 Å². The van der Waals surface area contributed by atoms with Crippen LogP contribution in [-0.2, 0) is 0 Å². The Kier molecular flexibility index (Phi) is 3.32. The van der Waals surface area contributed by atoms with Crippen LogP contribution in [0.15, 0.2) is 67.1 Å². The molecule has 5 heteroatoms. The summed E-state index contributed by atoms with van der Waals surface area (Å²) in [6, 6.07) is 13.7. The molecule has 2 heterocycles. The lowest BCUT2D eigenvalue weighted by Crippen LogP contribution is -1.96. The predicted octanol–water partition coefficient (Wildman–Crippen LogP) is 4.86. The van der Waals surface area contributed by atoms with Gasteiger partial charge >= 0.3 is 0 Å². The monoisotopic (exact) mass is 323 g/mol. The number of hydrogen-bond acceptors (Lipinski definition) is 2. The zero-order valence-corrected chi connectivity index (χ0v) is 12.7. The molecule has 2 aromatic carbocycles. The van der Waals surface area contributed by atoms with Crippen LogP contribution in [0.2, 0.25) is 5.02 Å². The summed E-state index contributed by atoms with van der Waals surface area (Å²) in [5.74, 6) is -0.268. The first-order valence-corrected chi connectivity index (χ1v) is 7.44. The van der Waals surface area contributed by atoms with Crippen molar-refractivity contribution in [3.8, 4) is 22.5 Å². The molecule has 0 fully saturated rings. The smallest absolute Gasteiger partial charge is 0.163 e. The molecule has 0 aliphatic heterocycles. The van der Waals surface area contributed by atoms with E-state index in [1.54, 1.807) is 18.3 Å². The molecular formula is C18H11ClFN3. The minimum absolute atomic E-state index is 0.268. The Morgan fingerprint density at radius 3 is 2.35 bits per heavy atom. The maximum absolute atomic E-state index is 13.1. The minimum atomic E-state index is -0.268. The lowest BCUT2D eigenvalue weighted by atomic mass is 10.1. The zero-order valence-electron chi connectivity index (χ0n) is 11.9. The molecule has 0 aliphatic carbocycles. The van der Waals surface area contributed by atoms with Gasteiger partial charge in [-0.3, -0.25) is 0 Å². The summed E-state index contributed by atoms with van der Waals surface area (Å²) in [4.78, 5) is 9.10. The third-order valence-corrected chi connectivity index (χ3v) is 3.88. The quantitative estimate of drug-likeness (QED) is 0.527. The molecule has 4 aromatic rings. The molecule has 4 rings (SSSR count). The van der Waals surface area contributed by atoms with Gasteiger partial charge < -0.3 is 4.40 Å². The molecule has 0 atom stereocenters. The molecule has 0 amide bonds. The van der Waals surface area contributed by atoms with Gasteiger partial charge in [-0.05, 0) is 36.4 Å². The van der Waals surface area contributed by atoms with E-state index in [0.29, 0.717) is 5.02 Å². The Morgan fingerprint density at radius 1 is 0.913 bits per heavy atom. The Hall–Kier alpha value is -2.72. The highest BCUT2D eigenvalue weighted by Gasteiger charge is 2.11. The summed E-state index contributed by atoms with van der Waals surface area (Å²) in [6.45, 7) is 0. The fourth-order valence-corrected chi connectivity index (χ4v) is 2.62. The Bertz CT molecular complexity index is 976. The van der Waals surface area contributed by atoms with Crippen LogP contribution in [0.25, 0.3) is 28.2 Å². The average Bonchev–Trinajstić information content (AvgIpc) is 3.04. The second kappa shape index (κ2) is 5.48. The summed E-state index contributed by atoms with van der Waals surface area (Å²) in [6.07, 6.45) is 5.48. The molecule has 0 spiro atoms. The largest absolute Gasteiger partial charge is 0.303 e. The highest BCUT2D eigenvalue weighted by atomic mass is 35.5. The minimum Gasteiger partial charge on any atom is -0.303 e. The van der Waals surface area contributed by atoms with Gasteiger partial charge in [0.25, 0.3) is 0 Å². The van der Waals surface area contributed by atoms with Crippen LogP contribution < -0.4 is 0 Å². The van der Waals surface area contributed by atoms with Crippen LogP contribution in [0.1, 0.15) is 0 Å². The van der Waals surface area contributed by atoms with Crippen molar-refractivity contribution in [1.29, 1.82) is 0 Å². The molecule has 0 saturated heterocycles. The third-order valence-electron chi connectivity index (χ3n) is 3.63. The standard InChI is InChI=1S/C18H11ClFN3/c19-14-5-1-13(2-6-14)17-18-21-9-10-23(18)11-16(22-17)12-3-7-15(20)8-4-12/h1-11H. The lowest BCUT2D eigenvalue weighted by Gasteiger charge is -2.08. The van der Waals surface area contributed by atoms with Crippen molar-refractivity contribution < 1.29 is 4.39 Å². The highest BCUT2D eigenvalue weighted by molar-refractivity contribution is 6.30. The second-order valence-corrected chi connectivity index (χ2v) is 5.58. The molecule has 23 heavy (non-hydrogen) atoms. The van der Waals surface area contributed by atoms with Gasteiger partial charge in [-0.15, -0.1) is 0 Å². The topological polar surface area (TPSA) is 30.2 Å². The van der Waals surface area contributed by atoms with Crippen LogP contribution >= 0.6 is 11.6 Å². The Morgan fingerprint density at radius 2 is 1.61 bits per heavy atom.